The molecule has 0 N–H and O–H groups in total. The van der Waals surface area contributed by atoms with Crippen molar-refractivity contribution in [2.24, 2.45) is 0 Å². The van der Waals surface area contributed by atoms with Crippen LogP contribution in [0.1, 0.15) is 77.6 Å². The first kappa shape index (κ1) is 47.1. The summed E-state index contributed by atoms with van der Waals surface area (Å²) in [6, 6.07) is 89.1. The van der Waals surface area contributed by atoms with Crippen LogP contribution in [-0.2, 0) is 16.2 Å². The Bertz CT molecular complexity index is 3510. The van der Waals surface area contributed by atoms with Gasteiger partial charge in [-0.3, -0.25) is 0 Å². The fourth-order valence-corrected chi connectivity index (χ4v) is 11.0. The number of nitrogens with zero attached hydrogens (tertiary/aromatic N) is 2. The Balaban J connectivity index is 1.03. The molecule has 0 atom stereocenters. The molecule has 0 saturated heterocycles. The highest BCUT2D eigenvalue weighted by atomic mass is 15.1. The molecule has 10 aromatic carbocycles. The highest BCUT2D eigenvalue weighted by Gasteiger charge is 2.40. The van der Waals surface area contributed by atoms with Crippen LogP contribution in [0.5, 0.6) is 0 Å². The predicted molar refractivity (Wildman–Crippen MR) is 313 cm³/mol. The molecule has 1 aliphatic carbocycles. The van der Waals surface area contributed by atoms with Crippen LogP contribution in [0.4, 0.5) is 34.1 Å². The Morgan fingerprint density at radius 3 is 1.01 bits per heavy atom. The number of fused-ring (bicyclic) bond motifs is 3. The maximum absolute atomic E-state index is 2.50. The molecule has 1 aliphatic rings. The van der Waals surface area contributed by atoms with Crippen LogP contribution in [0.25, 0.3) is 55.6 Å². The Labute approximate surface area is 433 Å². The molecule has 0 saturated carbocycles. The molecule has 2 heteroatoms. The molecule has 0 unspecified atom stereocenters. The Morgan fingerprint density at radius 1 is 0.288 bits per heavy atom. The van der Waals surface area contributed by atoms with Gasteiger partial charge in [0.05, 0.1) is 0 Å². The van der Waals surface area contributed by atoms with Crippen molar-refractivity contribution in [3.05, 3.63) is 265 Å². The van der Waals surface area contributed by atoms with Gasteiger partial charge in [-0.15, -0.1) is 0 Å². The highest BCUT2D eigenvalue weighted by Crippen LogP contribution is 2.55. The summed E-state index contributed by atoms with van der Waals surface area (Å²) < 4.78 is 0. The molecule has 0 fully saturated rings. The van der Waals surface area contributed by atoms with Crippen molar-refractivity contribution in [2.75, 3.05) is 9.80 Å². The molecule has 0 spiro atoms. The summed E-state index contributed by atoms with van der Waals surface area (Å²) in [5.41, 5.74) is 24.3. The van der Waals surface area contributed by atoms with E-state index in [0.717, 1.165) is 45.3 Å². The third kappa shape index (κ3) is 8.97. The molecule has 10 aromatic rings. The van der Waals surface area contributed by atoms with E-state index in [9.17, 15) is 0 Å². The number of hydrogen-bond donors (Lipinski definition) is 0. The van der Waals surface area contributed by atoms with Gasteiger partial charge >= 0.3 is 0 Å². The van der Waals surface area contributed by atoms with Gasteiger partial charge in [0.25, 0.3) is 0 Å². The summed E-state index contributed by atoms with van der Waals surface area (Å²) in [5.74, 6) is 0. The Hall–Kier alpha value is -8.20. The van der Waals surface area contributed by atoms with Gasteiger partial charge in [0.15, 0.2) is 0 Å². The fraction of sp³-hybridized carbons (Fsp3) is 0.155. The van der Waals surface area contributed by atoms with Gasteiger partial charge in [-0.2, -0.15) is 0 Å². The first-order chi connectivity index (χ1) is 35.2. The second-order valence-electron chi connectivity index (χ2n) is 22.2. The molecule has 0 aliphatic heterocycles. The van der Waals surface area contributed by atoms with E-state index in [2.05, 4.69) is 308 Å². The van der Waals surface area contributed by atoms with Crippen LogP contribution >= 0.6 is 0 Å². The summed E-state index contributed by atoms with van der Waals surface area (Å²) in [4.78, 5) is 4.74. The van der Waals surface area contributed by atoms with E-state index >= 15 is 0 Å². The average molecular weight is 945 g/mol. The smallest absolute Gasteiger partial charge is 0.0468 e. The number of rotatable bonds is 10. The summed E-state index contributed by atoms with van der Waals surface area (Å²) in [6.45, 7) is 18.9. The van der Waals surface area contributed by atoms with Gasteiger partial charge in [-0.1, -0.05) is 213 Å². The SMILES string of the molecule is CC(C)(C)c1cc(C(C)(C)C)c2c(c1)C(C)(C)c1ccc(N(c3ccccc3)c3ccc(-c4cc(-c5ccccc5)c(-c5ccc(N(c6ccccc6)c6ccccc6)cc5)cc4-c4ccccc4)cc3)cc1-2. The van der Waals surface area contributed by atoms with E-state index in [1.807, 2.05) is 0 Å². The van der Waals surface area contributed by atoms with Crippen LogP contribution in [0.15, 0.2) is 243 Å². The minimum Gasteiger partial charge on any atom is -0.311 e. The molecular weight excluding hydrogens is 881 g/mol. The molecule has 0 bridgehead atoms. The van der Waals surface area contributed by atoms with Gasteiger partial charge in [-0.25, -0.2) is 0 Å². The van der Waals surface area contributed by atoms with Gasteiger partial charge in [0, 0.05) is 39.5 Å². The lowest BCUT2D eigenvalue weighted by atomic mass is 9.74. The van der Waals surface area contributed by atoms with E-state index in [0.29, 0.717) is 0 Å². The summed E-state index contributed by atoms with van der Waals surface area (Å²) in [7, 11) is 0. The fourth-order valence-electron chi connectivity index (χ4n) is 11.0. The highest BCUT2D eigenvalue weighted by molar-refractivity contribution is 5.96. The zero-order valence-electron chi connectivity index (χ0n) is 43.5. The van der Waals surface area contributed by atoms with Crippen molar-refractivity contribution in [1.82, 2.24) is 0 Å². The van der Waals surface area contributed by atoms with Gasteiger partial charge in [0.1, 0.15) is 0 Å². The lowest BCUT2D eigenvalue weighted by molar-refractivity contribution is 0.564. The number of benzene rings is 10. The predicted octanol–water partition coefficient (Wildman–Crippen LogP) is 20.2. The molecule has 0 heterocycles. The zero-order chi connectivity index (χ0) is 50.5. The topological polar surface area (TPSA) is 6.48 Å². The standard InChI is InChI=1S/C71H64N2/c1-69(2,3)53-44-66(70(4,5)6)68-64-46-59(42-43-65(64)71(7,8)67(68)45-53)73(56-32-22-13-23-33-56)58-40-36-52(37-41-58)63-48-60(49-24-14-9-15-25-49)62(47-61(63)50-26-16-10-17-27-50)51-34-38-57(39-35-51)72(54-28-18-11-19-29-54)55-30-20-12-21-31-55/h9-48H,1-8H3. The van der Waals surface area contributed by atoms with Crippen molar-refractivity contribution in [1.29, 1.82) is 0 Å². The van der Waals surface area contributed by atoms with Crippen molar-refractivity contribution < 1.29 is 0 Å². The lowest BCUT2D eigenvalue weighted by Gasteiger charge is -2.30. The van der Waals surface area contributed by atoms with Gasteiger partial charge < -0.3 is 9.80 Å². The molecule has 0 radical (unpaired) electrons. The first-order valence-electron chi connectivity index (χ1n) is 25.8. The molecule has 2 nitrogen and oxygen atoms in total. The third-order valence-corrected chi connectivity index (χ3v) is 14.9. The van der Waals surface area contributed by atoms with Crippen molar-refractivity contribution >= 4 is 34.1 Å². The maximum atomic E-state index is 2.50. The second kappa shape index (κ2) is 18.8. The summed E-state index contributed by atoms with van der Waals surface area (Å²) in [6.07, 6.45) is 0. The second-order valence-corrected chi connectivity index (χ2v) is 22.2. The Morgan fingerprint density at radius 2 is 0.630 bits per heavy atom. The average Bonchev–Trinajstić information content (AvgIpc) is 3.64. The van der Waals surface area contributed by atoms with Crippen molar-refractivity contribution in [3.63, 3.8) is 0 Å². The lowest BCUT2D eigenvalue weighted by Crippen LogP contribution is -2.21. The molecular formula is C71H64N2. The first-order valence-corrected chi connectivity index (χ1v) is 25.8. The van der Waals surface area contributed by atoms with E-state index in [1.54, 1.807) is 0 Å². The monoisotopic (exact) mass is 945 g/mol. The zero-order valence-corrected chi connectivity index (χ0v) is 43.5. The van der Waals surface area contributed by atoms with Crippen molar-refractivity contribution in [2.45, 2.75) is 71.6 Å². The minimum atomic E-state index is -0.135. The van der Waals surface area contributed by atoms with Crippen LogP contribution in [0, 0.1) is 0 Å². The van der Waals surface area contributed by atoms with Crippen LogP contribution < -0.4 is 9.80 Å². The number of para-hydroxylation sites is 3. The van der Waals surface area contributed by atoms with Gasteiger partial charge in [0.2, 0.25) is 0 Å². The normalized spacial score (nSPS) is 12.8. The van der Waals surface area contributed by atoms with Crippen LogP contribution in [-0.4, -0.2) is 0 Å². The molecule has 0 aromatic heterocycles. The summed E-state index contributed by atoms with van der Waals surface area (Å²) in [5, 5.41) is 0. The van der Waals surface area contributed by atoms with Crippen LogP contribution in [0.2, 0.25) is 0 Å². The molecule has 0 amide bonds. The summed E-state index contributed by atoms with van der Waals surface area (Å²) >= 11 is 0. The van der Waals surface area contributed by atoms with Crippen molar-refractivity contribution in [3.8, 4) is 55.6 Å². The van der Waals surface area contributed by atoms with Crippen LogP contribution in [0.3, 0.4) is 0 Å². The van der Waals surface area contributed by atoms with E-state index in [-0.39, 0.29) is 16.2 Å². The molecule has 358 valence electrons. The molecule has 11 rings (SSSR count). The quantitative estimate of drug-likeness (QED) is 0.135. The molecule has 73 heavy (non-hydrogen) atoms. The number of anilines is 6. The maximum Gasteiger partial charge on any atom is 0.0468 e. The third-order valence-electron chi connectivity index (χ3n) is 14.9. The van der Waals surface area contributed by atoms with E-state index in [4.69, 9.17) is 0 Å². The van der Waals surface area contributed by atoms with E-state index in [1.165, 1.54) is 66.8 Å². The number of hydrogen-bond acceptors (Lipinski definition) is 2. The van der Waals surface area contributed by atoms with E-state index < -0.39 is 0 Å². The minimum absolute atomic E-state index is 0.0372. The largest absolute Gasteiger partial charge is 0.311 e. The van der Waals surface area contributed by atoms with Gasteiger partial charge in [-0.05, 0) is 174 Å². The Kier molecular flexibility index (Phi) is 12.1.